The summed E-state index contributed by atoms with van der Waals surface area (Å²) in [5.74, 6) is 4.41. The number of fused-ring (bicyclic) bond motifs is 3. The summed E-state index contributed by atoms with van der Waals surface area (Å²) < 4.78 is 5.45. The molecule has 0 heterocycles. The summed E-state index contributed by atoms with van der Waals surface area (Å²) in [6, 6.07) is 0. The molecule has 2 saturated carbocycles. The van der Waals surface area contributed by atoms with Gasteiger partial charge in [0.1, 0.15) is 11.9 Å². The topological polar surface area (TPSA) is 43.4 Å². The Hall–Kier alpha value is -1.12. The van der Waals surface area contributed by atoms with E-state index in [9.17, 15) is 9.59 Å². The molecule has 0 bridgehead atoms. The molecule has 32 heavy (non-hydrogen) atoms. The molecule has 2 fully saturated rings. The molecule has 3 aliphatic rings. The van der Waals surface area contributed by atoms with E-state index in [1.165, 1.54) is 57.4 Å². The largest absolute Gasteiger partial charge is 0.462 e. The van der Waals surface area contributed by atoms with Gasteiger partial charge in [-0.3, -0.25) is 9.59 Å². The summed E-state index contributed by atoms with van der Waals surface area (Å²) in [4.78, 5) is 24.2. The van der Waals surface area contributed by atoms with E-state index in [2.05, 4.69) is 40.7 Å². The summed E-state index contributed by atoms with van der Waals surface area (Å²) in [6.07, 6.45) is 14.1. The summed E-state index contributed by atoms with van der Waals surface area (Å²) in [7, 11) is 0. The number of carbonyl (C=O) groups is 2. The van der Waals surface area contributed by atoms with Crippen molar-refractivity contribution in [1.29, 1.82) is 0 Å². The highest BCUT2D eigenvalue weighted by Gasteiger charge is 2.54. The van der Waals surface area contributed by atoms with E-state index >= 15 is 0 Å². The van der Waals surface area contributed by atoms with Crippen LogP contribution in [0.1, 0.15) is 112 Å². The molecule has 0 aliphatic heterocycles. The maximum atomic E-state index is 12.8. The van der Waals surface area contributed by atoms with Gasteiger partial charge in [0.05, 0.1) is 0 Å². The van der Waals surface area contributed by atoms with E-state index < -0.39 is 0 Å². The van der Waals surface area contributed by atoms with Crippen molar-refractivity contribution in [3.8, 4) is 0 Å². The zero-order valence-corrected chi connectivity index (χ0v) is 21.6. The van der Waals surface area contributed by atoms with Crippen LogP contribution in [0.5, 0.6) is 0 Å². The summed E-state index contributed by atoms with van der Waals surface area (Å²) >= 11 is 0. The average molecular weight is 445 g/mol. The van der Waals surface area contributed by atoms with Gasteiger partial charge in [0.2, 0.25) is 0 Å². The molecular formula is C29H48O3. The summed E-state index contributed by atoms with van der Waals surface area (Å²) in [5.41, 5.74) is 1.91. The molecule has 0 spiro atoms. The normalized spacial score (nSPS) is 38.4. The van der Waals surface area contributed by atoms with Gasteiger partial charge in [-0.25, -0.2) is 0 Å². The van der Waals surface area contributed by atoms with Crippen molar-refractivity contribution in [2.75, 3.05) is 0 Å². The number of carbonyl (C=O) groups excluding carboxylic acids is 2. The number of hydrogen-bond donors (Lipinski definition) is 0. The van der Waals surface area contributed by atoms with E-state index in [4.69, 9.17) is 4.74 Å². The van der Waals surface area contributed by atoms with Gasteiger partial charge in [-0.2, -0.15) is 0 Å². The molecule has 0 aromatic heterocycles. The van der Waals surface area contributed by atoms with Gasteiger partial charge in [0.15, 0.2) is 0 Å². The lowest BCUT2D eigenvalue weighted by atomic mass is 9.54. The second-order valence-electron chi connectivity index (χ2n) is 12.1. The molecule has 3 aliphatic carbocycles. The van der Waals surface area contributed by atoms with E-state index in [1.807, 2.05) is 0 Å². The SMILES string of the molecule is CC(=O)O[C@@H]1C/C=C(/C)[C@H]2CC[C@]3(C)[C@@H]([C@H](C)CCCC(C)C)CC[C@H]3[C@@H]2CCC(=O)C1. The Bertz CT molecular complexity index is 693. The third-order valence-corrected chi connectivity index (χ3v) is 9.47. The van der Waals surface area contributed by atoms with Gasteiger partial charge in [-0.05, 0) is 80.0 Å². The van der Waals surface area contributed by atoms with Crippen molar-refractivity contribution < 1.29 is 14.3 Å². The number of rotatable bonds is 6. The fraction of sp³-hybridized carbons (Fsp3) is 0.862. The van der Waals surface area contributed by atoms with Gasteiger partial charge in [-0.15, -0.1) is 0 Å². The lowest BCUT2D eigenvalue weighted by Crippen LogP contribution is -2.43. The third-order valence-electron chi connectivity index (χ3n) is 9.47. The molecule has 7 atom stereocenters. The number of Topliss-reactive ketones (excluding diaryl/α,β-unsaturated/α-hetero) is 1. The van der Waals surface area contributed by atoms with Crippen molar-refractivity contribution in [3.05, 3.63) is 11.6 Å². The molecular weight excluding hydrogens is 396 g/mol. The highest BCUT2D eigenvalue weighted by Crippen LogP contribution is 2.62. The van der Waals surface area contributed by atoms with Crippen LogP contribution in [-0.4, -0.2) is 17.9 Å². The highest BCUT2D eigenvalue weighted by molar-refractivity contribution is 5.79. The Kier molecular flexibility index (Phi) is 8.66. The average Bonchev–Trinajstić information content (AvgIpc) is 3.06. The number of ether oxygens (including phenoxy) is 1. The van der Waals surface area contributed by atoms with Gasteiger partial charge in [-0.1, -0.05) is 58.6 Å². The fourth-order valence-corrected chi connectivity index (χ4v) is 7.84. The molecule has 0 saturated heterocycles. The molecule has 0 N–H and O–H groups in total. The number of hydrogen-bond acceptors (Lipinski definition) is 3. The Labute approximate surface area is 197 Å². The van der Waals surface area contributed by atoms with E-state index in [0.29, 0.717) is 36.5 Å². The van der Waals surface area contributed by atoms with Crippen molar-refractivity contribution in [3.63, 3.8) is 0 Å². The van der Waals surface area contributed by atoms with Crippen LogP contribution >= 0.6 is 0 Å². The molecule has 0 radical (unpaired) electrons. The first kappa shape index (κ1) is 25.5. The monoisotopic (exact) mass is 444 g/mol. The summed E-state index contributed by atoms with van der Waals surface area (Å²) in [5, 5.41) is 0. The third kappa shape index (κ3) is 5.86. The van der Waals surface area contributed by atoms with Crippen LogP contribution in [0.3, 0.4) is 0 Å². The van der Waals surface area contributed by atoms with E-state index in [-0.39, 0.29) is 17.9 Å². The minimum Gasteiger partial charge on any atom is -0.462 e. The lowest BCUT2D eigenvalue weighted by Gasteiger charge is -2.50. The second-order valence-corrected chi connectivity index (χ2v) is 12.1. The standard InChI is InChI=1S/C29H48O3/c1-19(2)8-7-9-21(4)27-14-15-28-26-13-11-23(31)18-24(32-22(5)30)12-10-20(3)25(26)16-17-29(27,28)6/h10,19,21,24-28H,7-9,11-18H2,1-6H3/b20-10-/t21-,24-,25-,26-,27-,28+,29-/m1/s1. The van der Waals surface area contributed by atoms with E-state index in [1.54, 1.807) is 0 Å². The Morgan fingerprint density at radius 1 is 1.16 bits per heavy atom. The van der Waals surface area contributed by atoms with Crippen LogP contribution in [0.25, 0.3) is 0 Å². The smallest absolute Gasteiger partial charge is 0.302 e. The molecule has 0 aromatic rings. The minimum atomic E-state index is -0.289. The molecule has 3 nitrogen and oxygen atoms in total. The van der Waals surface area contributed by atoms with Gasteiger partial charge >= 0.3 is 5.97 Å². The Morgan fingerprint density at radius 2 is 1.91 bits per heavy atom. The van der Waals surface area contributed by atoms with Crippen LogP contribution in [-0.2, 0) is 14.3 Å². The molecule has 3 rings (SSSR count). The van der Waals surface area contributed by atoms with E-state index in [0.717, 1.165) is 30.1 Å². The molecule has 0 unspecified atom stereocenters. The van der Waals surface area contributed by atoms with Crippen molar-refractivity contribution >= 4 is 11.8 Å². The highest BCUT2D eigenvalue weighted by atomic mass is 16.5. The molecule has 3 heteroatoms. The van der Waals surface area contributed by atoms with Crippen LogP contribution in [0.2, 0.25) is 0 Å². The van der Waals surface area contributed by atoms with Crippen molar-refractivity contribution in [2.24, 2.45) is 40.9 Å². The fourth-order valence-electron chi connectivity index (χ4n) is 7.84. The molecule has 182 valence electrons. The van der Waals surface area contributed by atoms with Gasteiger partial charge in [0.25, 0.3) is 0 Å². The number of ketones is 1. The maximum Gasteiger partial charge on any atom is 0.302 e. The summed E-state index contributed by atoms with van der Waals surface area (Å²) in [6.45, 7) is 13.5. The Balaban J connectivity index is 1.75. The predicted octanol–water partition coefficient (Wildman–Crippen LogP) is 7.53. The Morgan fingerprint density at radius 3 is 2.59 bits per heavy atom. The number of esters is 1. The zero-order valence-electron chi connectivity index (χ0n) is 21.6. The van der Waals surface area contributed by atoms with Crippen LogP contribution in [0.4, 0.5) is 0 Å². The van der Waals surface area contributed by atoms with Crippen molar-refractivity contribution in [2.45, 2.75) is 118 Å². The quantitative estimate of drug-likeness (QED) is 0.314. The minimum absolute atomic E-state index is 0.270. The second kappa shape index (κ2) is 10.9. The number of allylic oxidation sites excluding steroid dienone is 1. The van der Waals surface area contributed by atoms with Crippen LogP contribution in [0, 0.1) is 40.9 Å². The first-order valence-corrected chi connectivity index (χ1v) is 13.5. The first-order chi connectivity index (χ1) is 15.1. The first-order valence-electron chi connectivity index (χ1n) is 13.5. The predicted molar refractivity (Wildman–Crippen MR) is 131 cm³/mol. The van der Waals surface area contributed by atoms with Gasteiger partial charge < -0.3 is 4.74 Å². The van der Waals surface area contributed by atoms with Crippen LogP contribution in [0.15, 0.2) is 11.6 Å². The van der Waals surface area contributed by atoms with Crippen molar-refractivity contribution in [1.82, 2.24) is 0 Å². The van der Waals surface area contributed by atoms with Gasteiger partial charge in [0, 0.05) is 26.2 Å². The zero-order chi connectivity index (χ0) is 23.5. The molecule has 0 amide bonds. The lowest BCUT2D eigenvalue weighted by molar-refractivity contribution is -0.147. The molecule has 0 aromatic carbocycles. The van der Waals surface area contributed by atoms with Crippen LogP contribution < -0.4 is 0 Å². The maximum absolute atomic E-state index is 12.8.